The third-order valence-corrected chi connectivity index (χ3v) is 13.3. The molecule has 3 fully saturated rings. The topological polar surface area (TPSA) is 192 Å². The Kier molecular flexibility index (Phi) is 9.23. The number of rotatable bonds is 6. The Labute approximate surface area is 280 Å². The van der Waals surface area contributed by atoms with Gasteiger partial charge in [0.25, 0.3) is 5.91 Å². The lowest BCUT2D eigenvalue weighted by atomic mass is 10.1. The smallest absolute Gasteiger partial charge is 0.414 e. The van der Waals surface area contributed by atoms with Crippen LogP contribution in [0.25, 0.3) is 0 Å². The van der Waals surface area contributed by atoms with Crippen LogP contribution in [0.2, 0.25) is 0 Å². The van der Waals surface area contributed by atoms with E-state index in [2.05, 4.69) is 15.4 Å². The highest BCUT2D eigenvalue weighted by Crippen LogP contribution is 2.46. The summed E-state index contributed by atoms with van der Waals surface area (Å²) in [6, 6.07) is 2.94. The largest absolute Gasteiger partial charge is 0.444 e. The number of amides is 5. The van der Waals surface area contributed by atoms with Gasteiger partial charge >= 0.3 is 12.1 Å². The van der Waals surface area contributed by atoms with Gasteiger partial charge in [-0.2, -0.15) is 0 Å². The number of nitrogens with zero attached hydrogens (tertiary/aromatic N) is 3. The molecule has 2 saturated carbocycles. The van der Waals surface area contributed by atoms with Gasteiger partial charge in [-0.3, -0.25) is 19.2 Å². The lowest BCUT2D eigenvalue weighted by Crippen LogP contribution is -2.57. The van der Waals surface area contributed by atoms with Gasteiger partial charge in [0, 0.05) is 39.5 Å². The van der Waals surface area contributed by atoms with Gasteiger partial charge in [0.15, 0.2) is 0 Å². The van der Waals surface area contributed by atoms with Gasteiger partial charge in [0.1, 0.15) is 17.7 Å². The van der Waals surface area contributed by atoms with Crippen LogP contribution in [0, 0.1) is 5.92 Å². The molecule has 17 heteroatoms. The maximum Gasteiger partial charge on any atom is 0.414 e. The van der Waals surface area contributed by atoms with Crippen molar-refractivity contribution >= 4 is 49.7 Å². The van der Waals surface area contributed by atoms with Crippen LogP contribution in [0.1, 0.15) is 56.9 Å². The molecule has 2 aliphatic carbocycles. The molecule has 1 saturated heterocycles. The van der Waals surface area contributed by atoms with E-state index >= 15 is 0 Å². The van der Waals surface area contributed by atoms with Crippen LogP contribution in [0.5, 0.6) is 0 Å². The van der Waals surface area contributed by atoms with Crippen LogP contribution in [0.4, 0.5) is 15.3 Å². The van der Waals surface area contributed by atoms with Crippen molar-refractivity contribution in [3.05, 3.63) is 35.9 Å². The molecule has 4 atom stereocenters. The van der Waals surface area contributed by atoms with Crippen molar-refractivity contribution in [1.82, 2.24) is 24.6 Å². The molecule has 1 aromatic carbocycles. The van der Waals surface area contributed by atoms with Crippen molar-refractivity contribution in [3.8, 4) is 0 Å². The number of allylic oxidation sites excluding steroid dienone is 1. The molecular formula is C31H42N6O9S2. The highest BCUT2D eigenvalue weighted by Gasteiger charge is 2.62. The number of benzene rings is 1. The van der Waals surface area contributed by atoms with E-state index < -0.39 is 72.8 Å². The first-order valence-corrected chi connectivity index (χ1v) is 19.3. The zero-order chi connectivity index (χ0) is 34.4. The Balaban J connectivity index is 1.19. The maximum absolute atomic E-state index is 13.9. The fraction of sp³-hybridized carbons (Fsp3) is 0.613. The Morgan fingerprint density at radius 1 is 1.08 bits per heavy atom. The minimum absolute atomic E-state index is 0.0374. The molecule has 1 aromatic rings. The summed E-state index contributed by atoms with van der Waals surface area (Å²) >= 11 is 0. The first-order chi connectivity index (χ1) is 22.7. The van der Waals surface area contributed by atoms with Gasteiger partial charge in [0.2, 0.25) is 26.0 Å². The third-order valence-electron chi connectivity index (χ3n) is 9.70. The number of urea groups is 1. The first-order valence-electron chi connectivity index (χ1n) is 16.4. The lowest BCUT2D eigenvalue weighted by Gasteiger charge is -2.26. The Morgan fingerprint density at radius 2 is 1.85 bits per heavy atom. The highest BCUT2D eigenvalue weighted by atomic mass is 32.2. The fourth-order valence-electron chi connectivity index (χ4n) is 6.59. The molecule has 0 bridgehead atoms. The standard InChI is InChI=1S/C31H42N6O9S2/c1-35(2)48(44,45)24-11-12-25-20(16-24)13-15-36(25)30(41)46-22-17-26-27(38)33-31(28(39)34-47(42,43)23-9-10-23)18-21(31)8-6-4-3-5-7-14-32-29(40)37(26)19-22/h6,8,11-12,16,21-23,26H,3-5,7,9-10,13-15,17-19H2,1-2H3,(H,32,40)(H,33,38)(H,34,39)/t21-,22-,26+,31-/m1/s1. The zero-order valence-corrected chi connectivity index (χ0v) is 28.6. The summed E-state index contributed by atoms with van der Waals surface area (Å²) in [5.41, 5.74) is -0.291. The molecule has 0 spiro atoms. The normalized spacial score (nSPS) is 27.9. The molecule has 15 nitrogen and oxygen atoms in total. The SMILES string of the molecule is CN(C)S(=O)(=O)c1ccc2c(c1)CCN2C(=O)O[C@@H]1C[C@H]2C(=O)N[C@]3(C(=O)NS(=O)(=O)C4CC4)C[C@H]3C=CCCCCCNC(=O)N2C1. The highest BCUT2D eigenvalue weighted by molar-refractivity contribution is 7.91. The Hall–Kier alpha value is -3.70. The zero-order valence-electron chi connectivity index (χ0n) is 27.0. The van der Waals surface area contributed by atoms with E-state index in [1.165, 1.54) is 30.0 Å². The number of carbonyl (C=O) groups excluding carboxylic acids is 4. The third kappa shape index (κ3) is 6.76. The summed E-state index contributed by atoms with van der Waals surface area (Å²) in [6.45, 7) is 0.577. The number of sulfonamides is 2. The van der Waals surface area contributed by atoms with Gasteiger partial charge < -0.3 is 20.3 Å². The Bertz CT molecular complexity index is 1740. The molecule has 3 N–H and O–H groups in total. The van der Waals surface area contributed by atoms with Crippen molar-refractivity contribution in [2.45, 2.75) is 85.6 Å². The number of fused-ring (bicyclic) bond motifs is 3. The predicted molar refractivity (Wildman–Crippen MR) is 174 cm³/mol. The molecule has 0 unspecified atom stereocenters. The van der Waals surface area contributed by atoms with E-state index in [4.69, 9.17) is 4.74 Å². The predicted octanol–water partition coefficient (Wildman–Crippen LogP) is 1.20. The summed E-state index contributed by atoms with van der Waals surface area (Å²) < 4.78 is 59.6. The molecule has 5 amide bonds. The summed E-state index contributed by atoms with van der Waals surface area (Å²) in [6.07, 6.45) is 6.95. The molecule has 262 valence electrons. The van der Waals surface area contributed by atoms with Crippen LogP contribution < -0.4 is 20.3 Å². The van der Waals surface area contributed by atoms with Gasteiger partial charge in [-0.25, -0.2) is 30.7 Å². The van der Waals surface area contributed by atoms with Crippen LogP contribution in [-0.4, -0.2) is 107 Å². The number of ether oxygens (including phenoxy) is 1. The minimum atomic E-state index is -3.87. The minimum Gasteiger partial charge on any atom is -0.444 e. The number of carbonyl (C=O) groups is 4. The second kappa shape index (κ2) is 13.0. The first kappa shape index (κ1) is 34.2. The molecule has 6 rings (SSSR count). The van der Waals surface area contributed by atoms with Crippen molar-refractivity contribution in [2.75, 3.05) is 38.6 Å². The van der Waals surface area contributed by atoms with E-state index in [0.29, 0.717) is 37.1 Å². The quantitative estimate of drug-likeness (QED) is 0.365. The van der Waals surface area contributed by atoms with Crippen LogP contribution in [0.3, 0.4) is 0 Å². The monoisotopic (exact) mass is 706 g/mol. The van der Waals surface area contributed by atoms with Crippen molar-refractivity contribution in [1.29, 1.82) is 0 Å². The maximum atomic E-state index is 13.9. The summed E-state index contributed by atoms with van der Waals surface area (Å²) in [7, 11) is -4.64. The van der Waals surface area contributed by atoms with Crippen LogP contribution >= 0.6 is 0 Å². The van der Waals surface area contributed by atoms with Gasteiger partial charge in [-0.05, 0) is 68.7 Å². The van der Waals surface area contributed by atoms with E-state index in [1.54, 1.807) is 12.1 Å². The molecule has 5 aliphatic rings. The molecular weight excluding hydrogens is 665 g/mol. The molecule has 0 aromatic heterocycles. The van der Waals surface area contributed by atoms with Crippen LogP contribution in [0.15, 0.2) is 35.2 Å². The molecule has 3 aliphatic heterocycles. The summed E-state index contributed by atoms with van der Waals surface area (Å²) in [4.78, 5) is 56.8. The van der Waals surface area contributed by atoms with E-state index in [0.717, 1.165) is 30.0 Å². The summed E-state index contributed by atoms with van der Waals surface area (Å²) in [5, 5.41) is 5.01. The van der Waals surface area contributed by atoms with Gasteiger partial charge in [0.05, 0.1) is 22.4 Å². The Morgan fingerprint density at radius 3 is 2.58 bits per heavy atom. The van der Waals surface area contributed by atoms with Gasteiger partial charge in [-0.1, -0.05) is 18.6 Å². The molecule has 0 radical (unpaired) electrons. The lowest BCUT2D eigenvalue weighted by molar-refractivity contribution is -0.131. The summed E-state index contributed by atoms with van der Waals surface area (Å²) in [5.74, 6) is -1.86. The molecule has 48 heavy (non-hydrogen) atoms. The number of hydrogen-bond donors (Lipinski definition) is 3. The second-order valence-corrected chi connectivity index (χ2v) is 17.5. The van der Waals surface area contributed by atoms with E-state index in [9.17, 15) is 36.0 Å². The van der Waals surface area contributed by atoms with Crippen LogP contribution in [-0.2, 0) is 40.8 Å². The van der Waals surface area contributed by atoms with Crippen molar-refractivity contribution < 1.29 is 40.8 Å². The van der Waals surface area contributed by atoms with Crippen molar-refractivity contribution in [2.24, 2.45) is 5.92 Å². The van der Waals surface area contributed by atoms with Crippen molar-refractivity contribution in [3.63, 3.8) is 0 Å². The second-order valence-electron chi connectivity index (χ2n) is 13.3. The van der Waals surface area contributed by atoms with E-state index in [-0.39, 0.29) is 30.8 Å². The molecule has 3 heterocycles. The number of nitrogens with one attached hydrogen (secondary N) is 3. The average molecular weight is 707 g/mol. The number of hydrogen-bond acceptors (Lipinski definition) is 9. The van der Waals surface area contributed by atoms with Gasteiger partial charge in [-0.15, -0.1) is 0 Å². The fourth-order valence-corrected chi connectivity index (χ4v) is 8.91. The van der Waals surface area contributed by atoms with E-state index in [1.807, 2.05) is 12.2 Å². The number of anilines is 1. The average Bonchev–Trinajstić information content (AvgIpc) is 3.92.